The number of nitrogens with one attached hydrogen (secondary N) is 1. The Morgan fingerprint density at radius 3 is 2.30 bits per heavy atom. The average Bonchev–Trinajstić information content (AvgIpc) is 3.44. The third-order valence-electron chi connectivity index (χ3n) is 7.17. The standard InChI is InChI=1S/C32H29FN6O4/c1-42-29-20-24(31(41)38-14-16-43-17-15-38)8-11-28(29)34-32-35-30-13-12-27(36-39(30)37-32)23-6-2-21(3-7-23)18-26(40)19-22-4-9-25(33)10-5-22/h2-13,20H,14-19H2,1H3,(H,34,37). The van der Waals surface area contributed by atoms with Crippen molar-refractivity contribution in [2.75, 3.05) is 38.7 Å². The quantitative estimate of drug-likeness (QED) is 0.271. The molecule has 1 aliphatic rings. The van der Waals surface area contributed by atoms with E-state index >= 15 is 0 Å². The summed E-state index contributed by atoms with van der Waals surface area (Å²) in [5.41, 5.74) is 4.92. The minimum atomic E-state index is -0.319. The Balaban J connectivity index is 1.13. The number of nitrogens with zero attached hydrogens (tertiary/aromatic N) is 5. The number of rotatable bonds is 9. The number of fused-ring (bicyclic) bond motifs is 1. The van der Waals surface area contributed by atoms with E-state index in [1.54, 1.807) is 42.3 Å². The molecule has 0 unspecified atom stereocenters. The van der Waals surface area contributed by atoms with Crippen molar-refractivity contribution < 1.29 is 23.5 Å². The fourth-order valence-corrected chi connectivity index (χ4v) is 4.90. The topological polar surface area (TPSA) is 111 Å². The number of hydrogen-bond donors (Lipinski definition) is 1. The second kappa shape index (κ2) is 12.4. The molecule has 3 aromatic carbocycles. The molecule has 218 valence electrons. The van der Waals surface area contributed by atoms with Gasteiger partial charge >= 0.3 is 0 Å². The molecule has 2 aromatic heterocycles. The molecule has 0 saturated carbocycles. The molecule has 1 fully saturated rings. The van der Waals surface area contributed by atoms with E-state index in [1.165, 1.54) is 16.8 Å². The first-order valence-corrected chi connectivity index (χ1v) is 13.9. The molecule has 43 heavy (non-hydrogen) atoms. The molecule has 3 heterocycles. The molecular formula is C32H29FN6O4. The molecule has 10 nitrogen and oxygen atoms in total. The van der Waals surface area contributed by atoms with E-state index < -0.39 is 0 Å². The summed E-state index contributed by atoms with van der Waals surface area (Å²) < 4.78 is 25.4. The molecule has 6 rings (SSSR count). The van der Waals surface area contributed by atoms with Gasteiger partial charge in [-0.05, 0) is 53.6 Å². The summed E-state index contributed by atoms with van der Waals surface area (Å²) in [6, 6.07) is 22.5. The van der Waals surface area contributed by atoms with E-state index in [0.717, 1.165) is 16.7 Å². The van der Waals surface area contributed by atoms with Crippen molar-refractivity contribution in [3.8, 4) is 17.0 Å². The van der Waals surface area contributed by atoms with Crippen LogP contribution in [0.5, 0.6) is 5.75 Å². The van der Waals surface area contributed by atoms with Gasteiger partial charge in [-0.25, -0.2) is 4.39 Å². The lowest BCUT2D eigenvalue weighted by molar-refractivity contribution is -0.117. The summed E-state index contributed by atoms with van der Waals surface area (Å²) in [7, 11) is 1.54. The van der Waals surface area contributed by atoms with Gasteiger partial charge in [0, 0.05) is 37.1 Å². The van der Waals surface area contributed by atoms with E-state index in [4.69, 9.17) is 9.47 Å². The molecule has 0 spiro atoms. The number of carbonyl (C=O) groups is 2. The van der Waals surface area contributed by atoms with Crippen LogP contribution in [0.25, 0.3) is 16.9 Å². The van der Waals surface area contributed by atoms with E-state index in [9.17, 15) is 14.0 Å². The summed E-state index contributed by atoms with van der Waals surface area (Å²) in [6.07, 6.45) is 0.541. The third kappa shape index (κ3) is 6.52. The number of methoxy groups -OCH3 is 1. The molecule has 0 atom stereocenters. The summed E-state index contributed by atoms with van der Waals surface area (Å²) in [6.45, 7) is 2.18. The number of halogens is 1. The van der Waals surface area contributed by atoms with Crippen LogP contribution in [-0.2, 0) is 22.4 Å². The Morgan fingerprint density at radius 1 is 0.907 bits per heavy atom. The minimum Gasteiger partial charge on any atom is -0.495 e. The zero-order chi connectivity index (χ0) is 29.8. The van der Waals surface area contributed by atoms with Crippen LogP contribution in [0, 0.1) is 5.82 Å². The zero-order valence-corrected chi connectivity index (χ0v) is 23.5. The number of ketones is 1. The van der Waals surface area contributed by atoms with Gasteiger partial charge in [0.15, 0.2) is 5.65 Å². The summed E-state index contributed by atoms with van der Waals surface area (Å²) >= 11 is 0. The van der Waals surface area contributed by atoms with Gasteiger partial charge < -0.3 is 19.7 Å². The number of aromatic nitrogens is 4. The van der Waals surface area contributed by atoms with Crippen LogP contribution in [0.4, 0.5) is 16.0 Å². The lowest BCUT2D eigenvalue weighted by Gasteiger charge is -2.27. The maximum atomic E-state index is 13.1. The van der Waals surface area contributed by atoms with Crippen LogP contribution < -0.4 is 10.1 Å². The van der Waals surface area contributed by atoms with E-state index in [1.807, 2.05) is 36.4 Å². The van der Waals surface area contributed by atoms with Crippen molar-refractivity contribution >= 4 is 29.0 Å². The minimum absolute atomic E-state index is 0.0523. The normalized spacial score (nSPS) is 13.2. The first kappa shape index (κ1) is 28.0. The third-order valence-corrected chi connectivity index (χ3v) is 7.17. The Labute approximate surface area is 247 Å². The average molecular weight is 581 g/mol. The van der Waals surface area contributed by atoms with Crippen LogP contribution in [0.15, 0.2) is 78.9 Å². The first-order chi connectivity index (χ1) is 20.9. The molecule has 0 bridgehead atoms. The van der Waals surface area contributed by atoms with E-state index in [2.05, 4.69) is 20.5 Å². The maximum absolute atomic E-state index is 13.1. The molecular weight excluding hydrogens is 551 g/mol. The number of amides is 1. The van der Waals surface area contributed by atoms with Gasteiger partial charge in [0.1, 0.15) is 17.3 Å². The molecule has 11 heteroatoms. The second-order valence-electron chi connectivity index (χ2n) is 10.2. The number of ether oxygens (including phenoxy) is 2. The molecule has 5 aromatic rings. The number of benzene rings is 3. The molecule has 1 aliphatic heterocycles. The van der Waals surface area contributed by atoms with Crippen LogP contribution in [0.2, 0.25) is 0 Å². The van der Waals surface area contributed by atoms with Gasteiger partial charge in [-0.1, -0.05) is 36.4 Å². The lowest BCUT2D eigenvalue weighted by atomic mass is 10.0. The molecule has 1 N–H and O–H groups in total. The number of anilines is 2. The van der Waals surface area contributed by atoms with Gasteiger partial charge in [0.05, 0.1) is 31.7 Å². The highest BCUT2D eigenvalue weighted by Gasteiger charge is 2.20. The fourth-order valence-electron chi connectivity index (χ4n) is 4.90. The van der Waals surface area contributed by atoms with Crippen molar-refractivity contribution in [1.29, 1.82) is 0 Å². The largest absolute Gasteiger partial charge is 0.495 e. The molecule has 0 aliphatic carbocycles. The summed E-state index contributed by atoms with van der Waals surface area (Å²) in [4.78, 5) is 31.6. The number of Topliss-reactive ketones (excluding diaryl/α,β-unsaturated/α-hetero) is 1. The fraction of sp³-hybridized carbons (Fsp3) is 0.219. The SMILES string of the molecule is COc1cc(C(=O)N2CCOCC2)ccc1Nc1nc2ccc(-c3ccc(CC(=O)Cc4ccc(F)cc4)cc3)nn2n1. The van der Waals surface area contributed by atoms with Crippen LogP contribution in [-0.4, -0.2) is 69.8 Å². The van der Waals surface area contributed by atoms with Crippen molar-refractivity contribution in [2.45, 2.75) is 12.8 Å². The van der Waals surface area contributed by atoms with Gasteiger partial charge in [0.2, 0.25) is 5.95 Å². The second-order valence-corrected chi connectivity index (χ2v) is 10.2. The van der Waals surface area contributed by atoms with Crippen molar-refractivity contribution in [1.82, 2.24) is 24.7 Å². The van der Waals surface area contributed by atoms with Crippen LogP contribution >= 0.6 is 0 Å². The molecule has 1 amide bonds. The Hall–Kier alpha value is -5.16. The van der Waals surface area contributed by atoms with Gasteiger partial charge in [-0.2, -0.15) is 4.98 Å². The molecule has 1 saturated heterocycles. The highest BCUT2D eigenvalue weighted by atomic mass is 19.1. The van der Waals surface area contributed by atoms with Crippen molar-refractivity contribution in [2.24, 2.45) is 0 Å². The zero-order valence-electron chi connectivity index (χ0n) is 23.5. The number of carbonyl (C=O) groups excluding carboxylic acids is 2. The summed E-state index contributed by atoms with van der Waals surface area (Å²) in [5.74, 6) is 0.478. The Kier molecular flexibility index (Phi) is 8.05. The highest BCUT2D eigenvalue weighted by Crippen LogP contribution is 2.29. The van der Waals surface area contributed by atoms with Crippen LogP contribution in [0.1, 0.15) is 21.5 Å². The van der Waals surface area contributed by atoms with Crippen molar-refractivity contribution in [3.63, 3.8) is 0 Å². The first-order valence-electron chi connectivity index (χ1n) is 13.9. The summed E-state index contributed by atoms with van der Waals surface area (Å²) in [5, 5.41) is 12.2. The van der Waals surface area contributed by atoms with E-state index in [-0.39, 0.29) is 30.3 Å². The molecule has 0 radical (unpaired) electrons. The highest BCUT2D eigenvalue weighted by molar-refractivity contribution is 5.95. The number of hydrogen-bond acceptors (Lipinski definition) is 8. The Morgan fingerprint density at radius 2 is 1.60 bits per heavy atom. The van der Waals surface area contributed by atoms with Crippen molar-refractivity contribution in [3.05, 3.63) is 101 Å². The lowest BCUT2D eigenvalue weighted by Crippen LogP contribution is -2.40. The van der Waals surface area contributed by atoms with E-state index in [0.29, 0.717) is 60.6 Å². The monoisotopic (exact) mass is 580 g/mol. The predicted octanol–water partition coefficient (Wildman–Crippen LogP) is 4.51. The smallest absolute Gasteiger partial charge is 0.254 e. The number of morpholine rings is 1. The van der Waals surface area contributed by atoms with Crippen LogP contribution in [0.3, 0.4) is 0 Å². The predicted molar refractivity (Wildman–Crippen MR) is 158 cm³/mol. The van der Waals surface area contributed by atoms with Gasteiger partial charge in [0.25, 0.3) is 5.91 Å². The maximum Gasteiger partial charge on any atom is 0.254 e. The Bertz CT molecular complexity index is 1770. The van der Waals surface area contributed by atoms with Gasteiger partial charge in [-0.15, -0.1) is 14.8 Å². The van der Waals surface area contributed by atoms with Gasteiger partial charge in [-0.3, -0.25) is 9.59 Å².